The Balaban J connectivity index is 0.00000312. The van der Waals surface area contributed by atoms with E-state index in [1.165, 1.54) is 6.42 Å². The van der Waals surface area contributed by atoms with Crippen molar-refractivity contribution >= 4 is 29.9 Å². The number of aliphatic imine (C=N–C) groups is 1. The SMILES string of the molecule is CCNC(=NCC(O)c1ccncc1)N1CCC(N(CC)CC)C1.I. The van der Waals surface area contributed by atoms with Gasteiger partial charge in [0, 0.05) is 38.1 Å². The van der Waals surface area contributed by atoms with Crippen molar-refractivity contribution < 1.29 is 5.11 Å². The number of pyridine rings is 1. The second-order valence-electron chi connectivity index (χ2n) is 6.10. The summed E-state index contributed by atoms with van der Waals surface area (Å²) in [6, 6.07) is 4.26. The van der Waals surface area contributed by atoms with Crippen LogP contribution in [0, 0.1) is 0 Å². The molecular formula is C18H32IN5O. The van der Waals surface area contributed by atoms with Gasteiger partial charge in [0.05, 0.1) is 12.6 Å². The van der Waals surface area contributed by atoms with Crippen LogP contribution in [0.15, 0.2) is 29.5 Å². The summed E-state index contributed by atoms with van der Waals surface area (Å²) in [6.45, 7) is 11.9. The molecule has 0 aliphatic carbocycles. The number of likely N-dealkylation sites (tertiary alicyclic amines) is 1. The van der Waals surface area contributed by atoms with E-state index in [1.807, 2.05) is 12.1 Å². The van der Waals surface area contributed by atoms with Crippen LogP contribution < -0.4 is 5.32 Å². The second-order valence-corrected chi connectivity index (χ2v) is 6.10. The van der Waals surface area contributed by atoms with Crippen molar-refractivity contribution in [1.29, 1.82) is 0 Å². The van der Waals surface area contributed by atoms with Crippen molar-refractivity contribution in [3.05, 3.63) is 30.1 Å². The predicted octanol–water partition coefficient (Wildman–Crippen LogP) is 2.11. The third kappa shape index (κ3) is 6.38. The molecule has 0 amide bonds. The molecule has 1 aromatic heterocycles. The van der Waals surface area contributed by atoms with Gasteiger partial charge in [-0.25, -0.2) is 0 Å². The van der Waals surface area contributed by atoms with E-state index in [4.69, 9.17) is 0 Å². The van der Waals surface area contributed by atoms with Crippen LogP contribution in [0.1, 0.15) is 38.9 Å². The smallest absolute Gasteiger partial charge is 0.194 e. The molecule has 2 heterocycles. The van der Waals surface area contributed by atoms with Gasteiger partial charge in [-0.15, -0.1) is 24.0 Å². The monoisotopic (exact) mass is 461 g/mol. The first-order valence-electron chi connectivity index (χ1n) is 9.04. The molecule has 1 saturated heterocycles. The van der Waals surface area contributed by atoms with Crippen molar-refractivity contribution in [1.82, 2.24) is 20.1 Å². The van der Waals surface area contributed by atoms with Crippen molar-refractivity contribution in [3.8, 4) is 0 Å². The van der Waals surface area contributed by atoms with Gasteiger partial charge in [-0.1, -0.05) is 13.8 Å². The van der Waals surface area contributed by atoms with E-state index in [1.54, 1.807) is 12.4 Å². The number of hydrogen-bond acceptors (Lipinski definition) is 4. The molecule has 6 nitrogen and oxygen atoms in total. The van der Waals surface area contributed by atoms with E-state index >= 15 is 0 Å². The highest BCUT2D eigenvalue weighted by Crippen LogP contribution is 2.16. The van der Waals surface area contributed by atoms with Gasteiger partial charge in [0.1, 0.15) is 0 Å². The molecule has 7 heteroatoms. The first kappa shape index (κ1) is 22.1. The van der Waals surface area contributed by atoms with Gasteiger partial charge < -0.3 is 15.3 Å². The van der Waals surface area contributed by atoms with Crippen molar-refractivity contribution in [2.75, 3.05) is 39.3 Å². The fourth-order valence-electron chi connectivity index (χ4n) is 3.26. The zero-order valence-electron chi connectivity index (χ0n) is 15.6. The van der Waals surface area contributed by atoms with Crippen molar-refractivity contribution in [2.45, 2.75) is 39.3 Å². The van der Waals surface area contributed by atoms with E-state index in [2.05, 4.69) is 45.9 Å². The summed E-state index contributed by atoms with van der Waals surface area (Å²) in [5.74, 6) is 0.903. The second kappa shape index (κ2) is 11.6. The van der Waals surface area contributed by atoms with E-state index in [0.717, 1.165) is 44.2 Å². The van der Waals surface area contributed by atoms with Gasteiger partial charge in [-0.3, -0.25) is 14.9 Å². The molecule has 25 heavy (non-hydrogen) atoms. The molecule has 0 spiro atoms. The molecule has 0 saturated carbocycles. The molecule has 0 bridgehead atoms. The topological polar surface area (TPSA) is 64.0 Å². The number of nitrogens with zero attached hydrogens (tertiary/aromatic N) is 4. The number of aliphatic hydroxyl groups excluding tert-OH is 1. The number of guanidine groups is 1. The normalized spacial score (nSPS) is 19.0. The van der Waals surface area contributed by atoms with Crippen LogP contribution in [0.25, 0.3) is 0 Å². The van der Waals surface area contributed by atoms with Crippen LogP contribution >= 0.6 is 24.0 Å². The lowest BCUT2D eigenvalue weighted by molar-refractivity contribution is 0.186. The first-order chi connectivity index (χ1) is 11.7. The summed E-state index contributed by atoms with van der Waals surface area (Å²) < 4.78 is 0. The number of nitrogens with one attached hydrogen (secondary N) is 1. The van der Waals surface area contributed by atoms with Crippen LogP contribution in [0.4, 0.5) is 0 Å². The number of likely N-dealkylation sites (N-methyl/N-ethyl adjacent to an activating group) is 1. The lowest BCUT2D eigenvalue weighted by atomic mass is 10.1. The van der Waals surface area contributed by atoms with Crippen LogP contribution in [0.5, 0.6) is 0 Å². The Hall–Kier alpha value is -0.930. The van der Waals surface area contributed by atoms with Crippen LogP contribution in [0.3, 0.4) is 0 Å². The fraction of sp³-hybridized carbons (Fsp3) is 0.667. The minimum Gasteiger partial charge on any atom is -0.386 e. The number of aromatic nitrogens is 1. The zero-order valence-corrected chi connectivity index (χ0v) is 17.9. The Labute approximate surface area is 168 Å². The van der Waals surface area contributed by atoms with Gasteiger partial charge in [-0.05, 0) is 44.1 Å². The van der Waals surface area contributed by atoms with Gasteiger partial charge >= 0.3 is 0 Å². The Bertz CT molecular complexity index is 509. The lowest BCUT2D eigenvalue weighted by Crippen LogP contribution is -2.43. The van der Waals surface area contributed by atoms with Gasteiger partial charge in [0.2, 0.25) is 0 Å². The van der Waals surface area contributed by atoms with Crippen LogP contribution in [-0.4, -0.2) is 71.2 Å². The molecule has 0 radical (unpaired) electrons. The average molecular weight is 461 g/mol. The van der Waals surface area contributed by atoms with E-state index in [-0.39, 0.29) is 24.0 Å². The summed E-state index contributed by atoms with van der Waals surface area (Å²) in [7, 11) is 0. The Morgan fingerprint density at radius 1 is 1.36 bits per heavy atom. The number of aliphatic hydroxyl groups is 1. The molecule has 1 aliphatic heterocycles. The summed E-state index contributed by atoms with van der Waals surface area (Å²) in [4.78, 5) is 13.5. The minimum atomic E-state index is -0.595. The van der Waals surface area contributed by atoms with Crippen molar-refractivity contribution in [2.24, 2.45) is 4.99 Å². The zero-order chi connectivity index (χ0) is 17.4. The number of halogens is 1. The standard InChI is InChI=1S/C18H31N5O.HI/c1-4-20-18(21-13-17(24)15-7-10-19-11-8-15)23-12-9-16(14-23)22(5-2)6-3;/h7-8,10-11,16-17,24H,4-6,9,12-14H2,1-3H3,(H,20,21);1H. The molecule has 0 aromatic carbocycles. The van der Waals surface area contributed by atoms with Crippen molar-refractivity contribution in [3.63, 3.8) is 0 Å². The molecule has 1 fully saturated rings. The Kier molecular flexibility index (Phi) is 10.3. The third-order valence-corrected chi connectivity index (χ3v) is 4.63. The summed E-state index contributed by atoms with van der Waals surface area (Å²) in [5.41, 5.74) is 0.854. The number of rotatable bonds is 7. The maximum Gasteiger partial charge on any atom is 0.194 e. The Morgan fingerprint density at radius 2 is 2.04 bits per heavy atom. The quantitative estimate of drug-likeness (QED) is 0.370. The lowest BCUT2D eigenvalue weighted by Gasteiger charge is -2.27. The van der Waals surface area contributed by atoms with Gasteiger partial charge in [0.25, 0.3) is 0 Å². The van der Waals surface area contributed by atoms with E-state index in [0.29, 0.717) is 12.6 Å². The van der Waals surface area contributed by atoms with Crippen LogP contribution in [-0.2, 0) is 0 Å². The molecule has 2 N–H and O–H groups in total. The highest BCUT2D eigenvalue weighted by atomic mass is 127. The maximum atomic E-state index is 10.3. The highest BCUT2D eigenvalue weighted by Gasteiger charge is 2.28. The highest BCUT2D eigenvalue weighted by molar-refractivity contribution is 14.0. The summed E-state index contributed by atoms with van der Waals surface area (Å²) >= 11 is 0. The van der Waals surface area contributed by atoms with E-state index < -0.39 is 6.10 Å². The third-order valence-electron chi connectivity index (χ3n) is 4.63. The summed E-state index contributed by atoms with van der Waals surface area (Å²) in [5, 5.41) is 13.7. The largest absolute Gasteiger partial charge is 0.386 e. The predicted molar refractivity (Wildman–Crippen MR) is 113 cm³/mol. The molecule has 1 aliphatic rings. The number of hydrogen-bond donors (Lipinski definition) is 2. The molecular weight excluding hydrogens is 429 g/mol. The van der Waals surface area contributed by atoms with Gasteiger partial charge in [-0.2, -0.15) is 0 Å². The fourth-order valence-corrected chi connectivity index (χ4v) is 3.26. The molecule has 2 rings (SSSR count). The molecule has 2 unspecified atom stereocenters. The molecule has 142 valence electrons. The summed E-state index contributed by atoms with van der Waals surface area (Å²) in [6.07, 6.45) is 3.97. The first-order valence-corrected chi connectivity index (χ1v) is 9.04. The molecule has 2 atom stereocenters. The average Bonchev–Trinajstić information content (AvgIpc) is 3.10. The van der Waals surface area contributed by atoms with Crippen LogP contribution in [0.2, 0.25) is 0 Å². The van der Waals surface area contributed by atoms with Gasteiger partial charge in [0.15, 0.2) is 5.96 Å². The maximum absolute atomic E-state index is 10.3. The molecule has 1 aromatic rings. The minimum absolute atomic E-state index is 0. The van der Waals surface area contributed by atoms with E-state index in [9.17, 15) is 5.11 Å². The Morgan fingerprint density at radius 3 is 2.64 bits per heavy atom.